The molecule has 2 rings (SSSR count). The number of halogens is 4. The summed E-state index contributed by atoms with van der Waals surface area (Å²) >= 11 is 0. The summed E-state index contributed by atoms with van der Waals surface area (Å²) in [5.74, 6) is 1.10. The number of allylic oxidation sites excluding steroid dienone is 8. The molecule has 26 heavy (non-hydrogen) atoms. The lowest BCUT2D eigenvalue weighted by atomic mass is 9.86. The van der Waals surface area contributed by atoms with Gasteiger partial charge in [-0.1, -0.05) is 41.5 Å². The van der Waals surface area contributed by atoms with Crippen molar-refractivity contribution in [2.45, 2.75) is 41.5 Å². The maximum Gasteiger partial charge on any atom is 0.673 e. The largest absolute Gasteiger partial charge is 0.673 e. The van der Waals surface area contributed by atoms with Gasteiger partial charge in [-0.25, -0.2) is 0 Å². The van der Waals surface area contributed by atoms with Gasteiger partial charge in [0.2, 0.25) is 12.4 Å². The van der Waals surface area contributed by atoms with Crippen molar-refractivity contribution in [2.24, 2.45) is 10.8 Å². The highest BCUT2D eigenvalue weighted by atomic mass is 19.5. The van der Waals surface area contributed by atoms with Crippen LogP contribution in [0.25, 0.3) is 0 Å². The van der Waals surface area contributed by atoms with Crippen LogP contribution in [0.2, 0.25) is 0 Å². The van der Waals surface area contributed by atoms with Crippen LogP contribution in [0.15, 0.2) is 59.3 Å². The summed E-state index contributed by atoms with van der Waals surface area (Å²) in [6.45, 7) is 11.9. The summed E-state index contributed by atoms with van der Waals surface area (Å²) in [7, 11) is -6.00. The third-order valence-electron chi connectivity index (χ3n) is 3.13. The van der Waals surface area contributed by atoms with Crippen molar-refractivity contribution in [1.82, 2.24) is 0 Å². The molecule has 2 aliphatic heterocycles. The molecule has 0 aromatic carbocycles. The highest BCUT2D eigenvalue weighted by molar-refractivity contribution is 6.50. The van der Waals surface area contributed by atoms with Gasteiger partial charge in [-0.05, 0) is 23.3 Å². The second kappa shape index (κ2) is 7.64. The fraction of sp³-hybridized carbons (Fsp3) is 0.444. The van der Waals surface area contributed by atoms with Gasteiger partial charge >= 0.3 is 7.25 Å². The molecule has 0 saturated heterocycles. The Morgan fingerprint density at radius 3 is 1.54 bits per heavy atom. The van der Waals surface area contributed by atoms with E-state index in [1.807, 2.05) is 41.5 Å². The molecule has 8 heteroatoms. The van der Waals surface area contributed by atoms with Gasteiger partial charge in [-0.3, -0.25) is 0 Å². The Morgan fingerprint density at radius 1 is 0.885 bits per heavy atom. The standard InChI is InChI=1S/C18H24NO2.BF4/c1-17(2,3)15-11-14(12-16(21-15)18(4,5)6)13-7-9-19(20)10-8-13;2-1(3,4)5/h7-12H,1-6H3;/q+1;-1/i11D,12D;. The third kappa shape index (κ3) is 7.41. The molecular weight excluding hydrogens is 349 g/mol. The topological polar surface area (TPSA) is 29.3 Å². The lowest BCUT2D eigenvalue weighted by Gasteiger charge is -2.33. The summed E-state index contributed by atoms with van der Waals surface area (Å²) in [6.07, 6.45) is 6.03. The Balaban J connectivity index is 0.000000696. The third-order valence-corrected chi connectivity index (χ3v) is 3.13. The minimum Gasteiger partial charge on any atom is -0.465 e. The van der Waals surface area contributed by atoms with Crippen molar-refractivity contribution in [2.75, 3.05) is 0 Å². The number of ether oxygens (including phenoxy) is 1. The molecule has 0 radical (unpaired) electrons. The van der Waals surface area contributed by atoms with Crippen LogP contribution in [0.5, 0.6) is 0 Å². The van der Waals surface area contributed by atoms with Crippen molar-refractivity contribution in [3.8, 4) is 0 Å². The van der Waals surface area contributed by atoms with Gasteiger partial charge in [0, 0.05) is 27.9 Å². The van der Waals surface area contributed by atoms with Crippen LogP contribution < -0.4 is 0 Å². The summed E-state index contributed by atoms with van der Waals surface area (Å²) in [5, 5.41) is 0. The van der Waals surface area contributed by atoms with E-state index in [1.54, 1.807) is 12.2 Å². The molecule has 144 valence electrons. The second-order valence-corrected chi connectivity index (χ2v) is 7.83. The Bertz CT molecular complexity index is 749. The van der Waals surface area contributed by atoms with E-state index < -0.39 is 7.25 Å². The zero-order valence-electron chi connectivity index (χ0n) is 17.7. The van der Waals surface area contributed by atoms with E-state index in [-0.39, 0.29) is 22.9 Å². The van der Waals surface area contributed by atoms with Crippen LogP contribution in [0.1, 0.15) is 44.3 Å². The number of rotatable bonds is 0. The second-order valence-electron chi connectivity index (χ2n) is 7.83. The molecule has 0 aromatic heterocycles. The summed E-state index contributed by atoms with van der Waals surface area (Å²) < 4.78 is 62.8. The first kappa shape index (κ1) is 18.7. The van der Waals surface area contributed by atoms with Crippen LogP contribution in [-0.2, 0) is 4.74 Å². The summed E-state index contributed by atoms with van der Waals surface area (Å²) in [4.78, 5) is 11.3. The van der Waals surface area contributed by atoms with Gasteiger partial charge in [-0.2, -0.15) is 0 Å². The summed E-state index contributed by atoms with van der Waals surface area (Å²) in [5.41, 5.74) is 0.477. The normalized spacial score (nSPS) is 19.8. The molecule has 0 bridgehead atoms. The lowest BCUT2D eigenvalue weighted by molar-refractivity contribution is -0.403. The molecule has 0 spiro atoms. The fourth-order valence-corrected chi connectivity index (χ4v) is 1.82. The van der Waals surface area contributed by atoms with Crippen molar-refractivity contribution < 1.29 is 29.5 Å². The zero-order chi connectivity index (χ0) is 22.1. The van der Waals surface area contributed by atoms with Crippen LogP contribution in [0.4, 0.5) is 17.3 Å². The van der Waals surface area contributed by atoms with Gasteiger partial charge in [0.1, 0.15) is 11.5 Å². The van der Waals surface area contributed by atoms with Gasteiger partial charge < -0.3 is 22.0 Å². The van der Waals surface area contributed by atoms with Crippen molar-refractivity contribution >= 4 is 7.25 Å². The Hall–Kier alpha value is -2.12. The lowest BCUT2D eigenvalue weighted by Crippen LogP contribution is -2.21. The van der Waals surface area contributed by atoms with E-state index in [2.05, 4.69) is 0 Å². The van der Waals surface area contributed by atoms with Crippen LogP contribution in [0, 0.1) is 15.7 Å². The van der Waals surface area contributed by atoms with Gasteiger partial charge in [-0.15, -0.1) is 0 Å². The van der Waals surface area contributed by atoms with Crippen molar-refractivity contribution in [3.63, 3.8) is 0 Å². The predicted molar refractivity (Wildman–Crippen MR) is 95.3 cm³/mol. The van der Waals surface area contributed by atoms with E-state index in [4.69, 9.17) is 7.48 Å². The molecule has 0 fully saturated rings. The first-order chi connectivity index (χ1) is 12.4. The Labute approximate surface area is 154 Å². The molecule has 0 atom stereocenters. The molecule has 3 nitrogen and oxygen atoms in total. The van der Waals surface area contributed by atoms with E-state index in [9.17, 15) is 22.2 Å². The molecular formula is C18H24BF4NO2. The van der Waals surface area contributed by atoms with Crippen LogP contribution in [0.3, 0.4) is 0 Å². The highest BCUT2D eigenvalue weighted by Gasteiger charge is 2.29. The maximum absolute atomic E-state index is 11.3. The molecule has 0 saturated carbocycles. The van der Waals surface area contributed by atoms with E-state index >= 15 is 0 Å². The van der Waals surface area contributed by atoms with Crippen molar-refractivity contribution in [3.05, 3.63) is 64.2 Å². The summed E-state index contributed by atoms with van der Waals surface area (Å²) in [6, 6.07) is 0.415. The zero-order valence-corrected chi connectivity index (χ0v) is 15.7. The molecule has 0 aromatic rings. The average Bonchev–Trinajstić information content (AvgIpc) is 2.44. The Morgan fingerprint density at radius 2 is 1.23 bits per heavy atom. The highest BCUT2D eigenvalue weighted by Crippen LogP contribution is 2.39. The number of hydrogen-bond acceptors (Lipinski definition) is 2. The molecule has 2 heterocycles. The fourth-order valence-electron chi connectivity index (χ4n) is 1.82. The van der Waals surface area contributed by atoms with E-state index in [1.165, 1.54) is 12.4 Å². The minimum absolute atomic E-state index is 0.208. The van der Waals surface area contributed by atoms with Crippen LogP contribution in [-0.4, -0.2) is 12.0 Å². The minimum atomic E-state index is -6.00. The maximum atomic E-state index is 11.3. The first-order valence-electron chi connectivity index (χ1n) is 8.97. The van der Waals surface area contributed by atoms with Crippen molar-refractivity contribution in [1.29, 1.82) is 0 Å². The quantitative estimate of drug-likeness (QED) is 0.283. The molecule has 0 amide bonds. The molecule has 0 unspecified atom stereocenters. The molecule has 2 aliphatic rings. The van der Waals surface area contributed by atoms with Gasteiger partial charge in [0.05, 0.1) is 7.50 Å². The monoisotopic (exact) mass is 375 g/mol. The first-order valence-corrected chi connectivity index (χ1v) is 7.97. The van der Waals surface area contributed by atoms with Gasteiger partial charge in [0.15, 0.2) is 0 Å². The molecule has 0 N–H and O–H groups in total. The van der Waals surface area contributed by atoms with E-state index in [0.717, 1.165) is 0 Å². The number of hydrogen-bond donors (Lipinski definition) is 0. The predicted octanol–water partition coefficient (Wildman–Crippen LogP) is 6.29. The number of nitrogens with zero attached hydrogens (tertiary/aromatic N) is 1. The molecule has 0 aliphatic carbocycles. The Kier molecular flexibility index (Phi) is 5.48. The number of nitroso groups, excluding NO2 is 1. The smallest absolute Gasteiger partial charge is 0.465 e. The average molecular weight is 375 g/mol. The van der Waals surface area contributed by atoms with Crippen LogP contribution >= 0.6 is 0 Å². The SMILES string of the molecule is F[B-](F)(F)F.[2H]C1=C(C(C)(C)C)OC(C(C)(C)C)=C([2H])C1=C1C=C[N+](=O)C=C1. The van der Waals surface area contributed by atoms with E-state index in [0.29, 0.717) is 27.4 Å². The van der Waals surface area contributed by atoms with Gasteiger partial charge in [0.25, 0.3) is 0 Å².